The van der Waals surface area contributed by atoms with E-state index in [1.807, 2.05) is 24.3 Å². The molecule has 0 unspecified atom stereocenters. The SMILES string of the molecule is CCc1cccc(NC(=O)COc2cccc(C=O)c2)c1. The van der Waals surface area contributed by atoms with Crippen molar-refractivity contribution in [3.05, 3.63) is 59.7 Å². The van der Waals surface area contributed by atoms with Gasteiger partial charge in [-0.25, -0.2) is 0 Å². The van der Waals surface area contributed by atoms with Gasteiger partial charge in [0.05, 0.1) is 0 Å². The normalized spacial score (nSPS) is 9.95. The van der Waals surface area contributed by atoms with Crippen LogP contribution in [0.5, 0.6) is 5.75 Å². The smallest absolute Gasteiger partial charge is 0.262 e. The Morgan fingerprint density at radius 1 is 1.19 bits per heavy atom. The summed E-state index contributed by atoms with van der Waals surface area (Å²) < 4.78 is 5.37. The van der Waals surface area contributed by atoms with Gasteiger partial charge in [0.25, 0.3) is 5.91 Å². The van der Waals surface area contributed by atoms with E-state index in [9.17, 15) is 9.59 Å². The van der Waals surface area contributed by atoms with E-state index in [2.05, 4.69) is 12.2 Å². The number of aryl methyl sites for hydroxylation is 1. The van der Waals surface area contributed by atoms with Crippen molar-refractivity contribution in [1.82, 2.24) is 0 Å². The first-order valence-electron chi connectivity index (χ1n) is 6.78. The fraction of sp³-hybridized carbons (Fsp3) is 0.176. The fourth-order valence-corrected chi connectivity index (χ4v) is 1.89. The van der Waals surface area contributed by atoms with Crippen molar-refractivity contribution in [3.8, 4) is 5.75 Å². The van der Waals surface area contributed by atoms with Crippen molar-refractivity contribution in [2.24, 2.45) is 0 Å². The third kappa shape index (κ3) is 4.45. The molecule has 0 bridgehead atoms. The summed E-state index contributed by atoms with van der Waals surface area (Å²) in [4.78, 5) is 22.5. The molecule has 0 aliphatic rings. The summed E-state index contributed by atoms with van der Waals surface area (Å²) in [6.07, 6.45) is 1.65. The third-order valence-corrected chi connectivity index (χ3v) is 2.98. The lowest BCUT2D eigenvalue weighted by atomic mass is 10.1. The lowest BCUT2D eigenvalue weighted by molar-refractivity contribution is -0.118. The van der Waals surface area contributed by atoms with Crippen LogP contribution in [-0.4, -0.2) is 18.8 Å². The van der Waals surface area contributed by atoms with Gasteiger partial charge >= 0.3 is 0 Å². The van der Waals surface area contributed by atoms with Crippen LogP contribution in [0.4, 0.5) is 5.69 Å². The average molecular weight is 283 g/mol. The Kier molecular flexibility index (Phi) is 5.10. The molecule has 0 heterocycles. The van der Waals surface area contributed by atoms with Crippen LogP contribution in [0.1, 0.15) is 22.8 Å². The second kappa shape index (κ2) is 7.24. The summed E-state index contributed by atoms with van der Waals surface area (Å²) in [5.41, 5.74) is 2.43. The van der Waals surface area contributed by atoms with Gasteiger partial charge in [0, 0.05) is 11.3 Å². The summed E-state index contributed by atoms with van der Waals surface area (Å²) >= 11 is 0. The predicted octanol–water partition coefficient (Wildman–Crippen LogP) is 3.08. The van der Waals surface area contributed by atoms with E-state index in [4.69, 9.17) is 4.74 Å². The Bertz CT molecular complexity index is 637. The van der Waals surface area contributed by atoms with Crippen molar-refractivity contribution in [3.63, 3.8) is 0 Å². The summed E-state index contributed by atoms with van der Waals surface area (Å²) in [5, 5.41) is 2.78. The zero-order valence-corrected chi connectivity index (χ0v) is 11.8. The molecule has 108 valence electrons. The van der Waals surface area contributed by atoms with Gasteiger partial charge in [-0.3, -0.25) is 9.59 Å². The molecule has 4 nitrogen and oxygen atoms in total. The lowest BCUT2D eigenvalue weighted by Crippen LogP contribution is -2.20. The van der Waals surface area contributed by atoms with E-state index in [1.165, 1.54) is 0 Å². The molecule has 0 atom stereocenters. The number of carbonyl (C=O) groups excluding carboxylic acids is 2. The minimum atomic E-state index is -0.236. The first-order valence-corrected chi connectivity index (χ1v) is 6.78. The Morgan fingerprint density at radius 2 is 2.00 bits per heavy atom. The highest BCUT2D eigenvalue weighted by molar-refractivity contribution is 5.92. The molecule has 2 aromatic rings. The number of ether oxygens (including phenoxy) is 1. The van der Waals surface area contributed by atoms with E-state index in [0.717, 1.165) is 24.0 Å². The van der Waals surface area contributed by atoms with Gasteiger partial charge < -0.3 is 10.1 Å². The van der Waals surface area contributed by atoms with Crippen LogP contribution in [0.3, 0.4) is 0 Å². The maximum absolute atomic E-state index is 11.8. The van der Waals surface area contributed by atoms with Crippen LogP contribution in [0.15, 0.2) is 48.5 Å². The molecule has 0 saturated carbocycles. The lowest BCUT2D eigenvalue weighted by Gasteiger charge is -2.08. The number of amides is 1. The molecule has 2 rings (SSSR count). The monoisotopic (exact) mass is 283 g/mol. The summed E-state index contributed by atoms with van der Waals surface area (Å²) in [7, 11) is 0. The largest absolute Gasteiger partial charge is 0.484 e. The highest BCUT2D eigenvalue weighted by atomic mass is 16.5. The summed E-state index contributed by atoms with van der Waals surface area (Å²) in [6, 6.07) is 14.4. The molecule has 1 N–H and O–H groups in total. The fourth-order valence-electron chi connectivity index (χ4n) is 1.89. The van der Waals surface area contributed by atoms with Gasteiger partial charge in [-0.1, -0.05) is 31.2 Å². The summed E-state index contributed by atoms with van der Waals surface area (Å²) in [6.45, 7) is 1.96. The molecule has 0 spiro atoms. The van der Waals surface area contributed by atoms with Crippen molar-refractivity contribution in [2.75, 3.05) is 11.9 Å². The number of hydrogen-bond donors (Lipinski definition) is 1. The van der Waals surface area contributed by atoms with E-state index < -0.39 is 0 Å². The van der Waals surface area contributed by atoms with Gasteiger partial charge in [-0.15, -0.1) is 0 Å². The third-order valence-electron chi connectivity index (χ3n) is 2.98. The number of anilines is 1. The zero-order chi connectivity index (χ0) is 15.1. The number of nitrogens with one attached hydrogen (secondary N) is 1. The number of aldehydes is 1. The Balaban J connectivity index is 1.90. The molecule has 0 aliphatic carbocycles. The van der Waals surface area contributed by atoms with E-state index >= 15 is 0 Å². The van der Waals surface area contributed by atoms with E-state index in [-0.39, 0.29) is 12.5 Å². The quantitative estimate of drug-likeness (QED) is 0.829. The second-order valence-corrected chi connectivity index (χ2v) is 4.58. The van der Waals surface area contributed by atoms with Crippen molar-refractivity contribution >= 4 is 17.9 Å². The standard InChI is InChI=1S/C17H17NO3/c1-2-13-5-3-7-15(9-13)18-17(20)12-21-16-8-4-6-14(10-16)11-19/h3-11H,2,12H2,1H3,(H,18,20). The maximum atomic E-state index is 11.8. The first-order chi connectivity index (χ1) is 10.2. The topological polar surface area (TPSA) is 55.4 Å². The molecule has 0 aromatic heterocycles. The highest BCUT2D eigenvalue weighted by Gasteiger charge is 2.04. The molecule has 0 radical (unpaired) electrons. The van der Waals surface area contributed by atoms with Crippen LogP contribution >= 0.6 is 0 Å². The molecular weight excluding hydrogens is 266 g/mol. The minimum Gasteiger partial charge on any atom is -0.484 e. The van der Waals surface area contributed by atoms with Crippen LogP contribution in [-0.2, 0) is 11.2 Å². The Hall–Kier alpha value is -2.62. The molecule has 4 heteroatoms. The van der Waals surface area contributed by atoms with Crippen LogP contribution < -0.4 is 10.1 Å². The molecule has 0 fully saturated rings. The van der Waals surface area contributed by atoms with E-state index in [0.29, 0.717) is 11.3 Å². The minimum absolute atomic E-state index is 0.0985. The van der Waals surface area contributed by atoms with Gasteiger partial charge in [-0.05, 0) is 36.2 Å². The van der Waals surface area contributed by atoms with Crippen molar-refractivity contribution in [2.45, 2.75) is 13.3 Å². The number of carbonyl (C=O) groups is 2. The molecular formula is C17H17NO3. The predicted molar refractivity (Wildman–Crippen MR) is 81.8 cm³/mol. The van der Waals surface area contributed by atoms with Crippen molar-refractivity contribution < 1.29 is 14.3 Å². The number of hydrogen-bond acceptors (Lipinski definition) is 3. The Labute approximate surface area is 123 Å². The first kappa shape index (κ1) is 14.8. The van der Waals surface area contributed by atoms with Crippen LogP contribution in [0, 0.1) is 0 Å². The van der Waals surface area contributed by atoms with Gasteiger partial charge in [0.2, 0.25) is 0 Å². The van der Waals surface area contributed by atoms with Gasteiger partial charge in [-0.2, -0.15) is 0 Å². The molecule has 0 saturated heterocycles. The second-order valence-electron chi connectivity index (χ2n) is 4.58. The number of benzene rings is 2. The molecule has 21 heavy (non-hydrogen) atoms. The summed E-state index contributed by atoms with van der Waals surface area (Å²) in [5.74, 6) is 0.261. The van der Waals surface area contributed by atoms with Crippen LogP contribution in [0.25, 0.3) is 0 Å². The van der Waals surface area contributed by atoms with Crippen molar-refractivity contribution in [1.29, 1.82) is 0 Å². The molecule has 0 aliphatic heterocycles. The average Bonchev–Trinajstić information content (AvgIpc) is 2.53. The van der Waals surface area contributed by atoms with Crippen LogP contribution in [0.2, 0.25) is 0 Å². The number of rotatable bonds is 6. The maximum Gasteiger partial charge on any atom is 0.262 e. The molecule has 1 amide bonds. The molecule has 2 aromatic carbocycles. The van der Waals surface area contributed by atoms with E-state index in [1.54, 1.807) is 24.3 Å². The van der Waals surface area contributed by atoms with Gasteiger partial charge in [0.15, 0.2) is 6.61 Å². The Morgan fingerprint density at radius 3 is 2.76 bits per heavy atom. The highest BCUT2D eigenvalue weighted by Crippen LogP contribution is 2.13. The zero-order valence-electron chi connectivity index (χ0n) is 11.8. The van der Waals surface area contributed by atoms with Gasteiger partial charge in [0.1, 0.15) is 12.0 Å².